The number of halogens is 3. The van der Waals surface area contributed by atoms with Crippen molar-refractivity contribution in [1.82, 2.24) is 5.32 Å². The summed E-state index contributed by atoms with van der Waals surface area (Å²) in [6.45, 7) is -0.532. The molecule has 0 bridgehead atoms. The average Bonchev–Trinajstić information content (AvgIpc) is 3.21. The zero-order valence-corrected chi connectivity index (χ0v) is 17.3. The maximum absolute atomic E-state index is 12.5. The maximum atomic E-state index is 12.5. The van der Waals surface area contributed by atoms with Gasteiger partial charge in [-0.25, -0.2) is 0 Å². The van der Waals surface area contributed by atoms with Crippen molar-refractivity contribution < 1.29 is 37.1 Å². The van der Waals surface area contributed by atoms with E-state index in [2.05, 4.69) is 10.6 Å². The van der Waals surface area contributed by atoms with E-state index in [9.17, 15) is 32.3 Å². The molecule has 2 aromatic carbocycles. The lowest BCUT2D eigenvalue weighted by molar-refractivity contribution is -0.146. The number of ether oxygens (including phenoxy) is 1. The van der Waals surface area contributed by atoms with Crippen molar-refractivity contribution in [1.29, 1.82) is 0 Å². The Labute approximate surface area is 186 Å². The van der Waals surface area contributed by atoms with E-state index in [1.807, 2.05) is 0 Å². The van der Waals surface area contributed by atoms with Crippen LogP contribution in [0.1, 0.15) is 28.8 Å². The second-order valence-corrected chi connectivity index (χ2v) is 7.16. The first-order chi connectivity index (χ1) is 15.6. The highest BCUT2D eigenvalue weighted by Gasteiger charge is 2.30. The fraction of sp³-hybridized carbons (Fsp3) is 0.273. The average molecular weight is 463 g/mol. The fourth-order valence-electron chi connectivity index (χ4n) is 3.11. The topological polar surface area (TPSA) is 105 Å². The summed E-state index contributed by atoms with van der Waals surface area (Å²) in [6.07, 6.45) is -3.21. The van der Waals surface area contributed by atoms with Gasteiger partial charge in [0.05, 0.1) is 5.56 Å². The van der Waals surface area contributed by atoms with Crippen LogP contribution in [0.2, 0.25) is 0 Å². The largest absolute Gasteiger partial charge is 0.454 e. The van der Waals surface area contributed by atoms with Crippen LogP contribution in [0.5, 0.6) is 0 Å². The quantitative estimate of drug-likeness (QED) is 0.615. The molecule has 1 aliphatic rings. The third kappa shape index (κ3) is 6.55. The second kappa shape index (κ2) is 10.2. The SMILES string of the molecule is O=C(COC(=O)CNC(=O)c1ccc(N2CCCC2=O)cc1)Nc1ccc(C(F)(F)F)cc1. The summed E-state index contributed by atoms with van der Waals surface area (Å²) in [6, 6.07) is 10.1. The zero-order chi connectivity index (χ0) is 24.0. The summed E-state index contributed by atoms with van der Waals surface area (Å²) in [7, 11) is 0. The third-order valence-electron chi connectivity index (χ3n) is 4.77. The Bertz CT molecular complexity index is 1040. The molecule has 3 rings (SSSR count). The van der Waals surface area contributed by atoms with E-state index >= 15 is 0 Å². The number of rotatable bonds is 7. The number of hydrogen-bond acceptors (Lipinski definition) is 5. The lowest BCUT2D eigenvalue weighted by Crippen LogP contribution is -2.32. The van der Waals surface area contributed by atoms with Crippen LogP contribution in [0, 0.1) is 0 Å². The summed E-state index contributed by atoms with van der Waals surface area (Å²) in [5.41, 5.74) is 0.212. The van der Waals surface area contributed by atoms with Gasteiger partial charge in [0.2, 0.25) is 5.91 Å². The Morgan fingerprint density at radius 2 is 1.67 bits per heavy atom. The van der Waals surface area contributed by atoms with E-state index < -0.39 is 42.7 Å². The van der Waals surface area contributed by atoms with E-state index in [-0.39, 0.29) is 17.2 Å². The van der Waals surface area contributed by atoms with Crippen LogP contribution < -0.4 is 15.5 Å². The molecule has 2 N–H and O–H groups in total. The van der Waals surface area contributed by atoms with Crippen molar-refractivity contribution in [2.45, 2.75) is 19.0 Å². The van der Waals surface area contributed by atoms with Crippen molar-refractivity contribution in [2.24, 2.45) is 0 Å². The first-order valence-electron chi connectivity index (χ1n) is 9.95. The van der Waals surface area contributed by atoms with E-state index in [4.69, 9.17) is 4.74 Å². The molecule has 3 amide bonds. The molecule has 1 heterocycles. The molecule has 1 aliphatic heterocycles. The highest BCUT2D eigenvalue weighted by Crippen LogP contribution is 2.29. The maximum Gasteiger partial charge on any atom is 0.416 e. The van der Waals surface area contributed by atoms with Gasteiger partial charge in [0, 0.05) is 29.9 Å². The smallest absolute Gasteiger partial charge is 0.416 e. The molecular formula is C22H20F3N3O5. The Balaban J connectivity index is 1.40. The van der Waals surface area contributed by atoms with Gasteiger partial charge in [-0.2, -0.15) is 13.2 Å². The Kier molecular flexibility index (Phi) is 7.31. The zero-order valence-electron chi connectivity index (χ0n) is 17.3. The van der Waals surface area contributed by atoms with Gasteiger partial charge in [0.25, 0.3) is 11.8 Å². The van der Waals surface area contributed by atoms with Gasteiger partial charge in [-0.3, -0.25) is 19.2 Å². The van der Waals surface area contributed by atoms with Gasteiger partial charge in [0.1, 0.15) is 6.54 Å². The Morgan fingerprint density at radius 1 is 1.00 bits per heavy atom. The summed E-state index contributed by atoms with van der Waals surface area (Å²) in [5, 5.41) is 4.66. The standard InChI is InChI=1S/C22H20F3N3O5/c23-22(24,25)15-5-7-16(8-6-15)27-18(29)13-33-20(31)12-26-21(32)14-3-9-17(10-4-14)28-11-1-2-19(28)30/h3-10H,1-2,11-13H2,(H,26,32)(H,27,29). The number of alkyl halides is 3. The number of benzene rings is 2. The number of carbonyl (C=O) groups excluding carboxylic acids is 4. The monoisotopic (exact) mass is 463 g/mol. The van der Waals surface area contributed by atoms with E-state index in [0.29, 0.717) is 18.7 Å². The molecule has 0 aromatic heterocycles. The molecular weight excluding hydrogens is 443 g/mol. The molecule has 0 atom stereocenters. The fourth-order valence-corrected chi connectivity index (χ4v) is 3.11. The van der Waals surface area contributed by atoms with Crippen LogP contribution in [0.25, 0.3) is 0 Å². The van der Waals surface area contributed by atoms with E-state index in [1.54, 1.807) is 17.0 Å². The molecule has 11 heteroatoms. The summed E-state index contributed by atoms with van der Waals surface area (Å²) >= 11 is 0. The predicted molar refractivity (Wildman–Crippen MR) is 111 cm³/mol. The van der Waals surface area contributed by atoms with Crippen LogP contribution in [0.4, 0.5) is 24.5 Å². The van der Waals surface area contributed by atoms with Crippen molar-refractivity contribution in [2.75, 3.05) is 29.9 Å². The molecule has 0 spiro atoms. The molecule has 2 aromatic rings. The summed E-state index contributed by atoms with van der Waals surface area (Å²) in [4.78, 5) is 49.1. The van der Waals surface area contributed by atoms with Crippen molar-refractivity contribution in [3.05, 3.63) is 59.7 Å². The lowest BCUT2D eigenvalue weighted by atomic mass is 10.2. The summed E-state index contributed by atoms with van der Waals surface area (Å²) < 4.78 is 42.4. The minimum absolute atomic E-state index is 0.0253. The molecule has 33 heavy (non-hydrogen) atoms. The minimum atomic E-state index is -4.49. The molecule has 0 saturated carbocycles. The number of amides is 3. The Hall–Kier alpha value is -3.89. The molecule has 1 saturated heterocycles. The first kappa shape index (κ1) is 23.8. The second-order valence-electron chi connectivity index (χ2n) is 7.16. The molecule has 1 fully saturated rings. The van der Waals surface area contributed by atoms with Gasteiger partial charge in [-0.15, -0.1) is 0 Å². The summed E-state index contributed by atoms with van der Waals surface area (Å²) in [5.74, 6) is -2.13. The van der Waals surface area contributed by atoms with Crippen molar-refractivity contribution >= 4 is 35.1 Å². The minimum Gasteiger partial charge on any atom is -0.454 e. The number of esters is 1. The van der Waals surface area contributed by atoms with Gasteiger partial charge in [0.15, 0.2) is 6.61 Å². The predicted octanol–water partition coefficient (Wildman–Crippen LogP) is 2.74. The van der Waals surface area contributed by atoms with Crippen molar-refractivity contribution in [3.63, 3.8) is 0 Å². The Morgan fingerprint density at radius 3 is 2.24 bits per heavy atom. The van der Waals surface area contributed by atoms with Gasteiger partial charge in [-0.05, 0) is 55.0 Å². The molecule has 0 aliphatic carbocycles. The van der Waals surface area contributed by atoms with Crippen LogP contribution in [-0.2, 0) is 25.3 Å². The van der Waals surface area contributed by atoms with Crippen molar-refractivity contribution in [3.8, 4) is 0 Å². The number of nitrogens with zero attached hydrogens (tertiary/aromatic N) is 1. The van der Waals surface area contributed by atoms with Crippen LogP contribution in [-0.4, -0.2) is 43.4 Å². The lowest BCUT2D eigenvalue weighted by Gasteiger charge is -2.15. The molecule has 174 valence electrons. The first-order valence-corrected chi connectivity index (χ1v) is 9.95. The third-order valence-corrected chi connectivity index (χ3v) is 4.77. The molecule has 0 unspecified atom stereocenters. The highest BCUT2D eigenvalue weighted by atomic mass is 19.4. The molecule has 8 nitrogen and oxygen atoms in total. The number of carbonyl (C=O) groups is 4. The van der Waals surface area contributed by atoms with Gasteiger partial charge >= 0.3 is 12.1 Å². The number of nitrogens with one attached hydrogen (secondary N) is 2. The number of hydrogen-bond donors (Lipinski definition) is 2. The highest BCUT2D eigenvalue weighted by molar-refractivity contribution is 5.98. The normalized spacial score (nSPS) is 13.5. The van der Waals surface area contributed by atoms with Gasteiger partial charge < -0.3 is 20.3 Å². The van der Waals surface area contributed by atoms with Crippen LogP contribution >= 0.6 is 0 Å². The van der Waals surface area contributed by atoms with E-state index in [1.165, 1.54) is 12.1 Å². The molecule has 0 radical (unpaired) electrons. The van der Waals surface area contributed by atoms with Crippen LogP contribution in [0.3, 0.4) is 0 Å². The van der Waals surface area contributed by atoms with Gasteiger partial charge in [-0.1, -0.05) is 0 Å². The number of anilines is 2. The van der Waals surface area contributed by atoms with Crippen LogP contribution in [0.15, 0.2) is 48.5 Å². The van der Waals surface area contributed by atoms with E-state index in [0.717, 1.165) is 30.7 Å².